The molecule has 1 aliphatic rings. The highest BCUT2D eigenvalue weighted by atomic mass is 16.5. The van der Waals surface area contributed by atoms with Crippen molar-refractivity contribution in [3.8, 4) is 11.5 Å². The number of methoxy groups -OCH3 is 1. The summed E-state index contributed by atoms with van der Waals surface area (Å²) in [5.41, 5.74) is 1.19. The zero-order valence-corrected chi connectivity index (χ0v) is 12.6. The molecule has 0 bridgehead atoms. The van der Waals surface area contributed by atoms with Gasteiger partial charge in [0.25, 0.3) is 0 Å². The molecule has 4 nitrogen and oxygen atoms in total. The highest BCUT2D eigenvalue weighted by Crippen LogP contribution is 2.30. The van der Waals surface area contributed by atoms with Crippen LogP contribution in [-0.2, 0) is 4.74 Å². The smallest absolute Gasteiger partial charge is 0.161 e. The Morgan fingerprint density at radius 3 is 2.85 bits per heavy atom. The summed E-state index contributed by atoms with van der Waals surface area (Å²) in [4.78, 5) is 0. The van der Waals surface area contributed by atoms with Gasteiger partial charge in [0.05, 0.1) is 13.2 Å². The van der Waals surface area contributed by atoms with E-state index in [9.17, 15) is 0 Å². The average Bonchev–Trinajstić information content (AvgIpc) is 2.53. The lowest BCUT2D eigenvalue weighted by atomic mass is 10.1. The van der Waals surface area contributed by atoms with E-state index in [0.717, 1.165) is 30.9 Å². The van der Waals surface area contributed by atoms with Crippen LogP contribution in [0.15, 0.2) is 18.2 Å². The van der Waals surface area contributed by atoms with Crippen molar-refractivity contribution in [2.75, 3.05) is 27.4 Å². The van der Waals surface area contributed by atoms with Gasteiger partial charge in [-0.1, -0.05) is 6.07 Å². The topological polar surface area (TPSA) is 39.7 Å². The van der Waals surface area contributed by atoms with Crippen molar-refractivity contribution in [2.45, 2.75) is 38.3 Å². The van der Waals surface area contributed by atoms with E-state index in [1.165, 1.54) is 12.0 Å². The molecule has 1 aliphatic heterocycles. The summed E-state index contributed by atoms with van der Waals surface area (Å²) in [5, 5.41) is 3.22. The third-order valence-electron chi connectivity index (χ3n) is 3.82. The van der Waals surface area contributed by atoms with Crippen LogP contribution in [0.25, 0.3) is 0 Å². The van der Waals surface area contributed by atoms with Crippen LogP contribution in [0, 0.1) is 0 Å². The van der Waals surface area contributed by atoms with Gasteiger partial charge in [-0.2, -0.15) is 0 Å². The van der Waals surface area contributed by atoms with Crippen LogP contribution in [0.1, 0.15) is 37.8 Å². The van der Waals surface area contributed by atoms with Gasteiger partial charge in [0, 0.05) is 12.6 Å². The molecular formula is C16H25NO3. The summed E-state index contributed by atoms with van der Waals surface area (Å²) in [6.45, 7) is 3.56. The first-order chi connectivity index (χ1) is 9.74. The SMILES string of the molecule is CNC(C)c1ccc(OCC2CCCCO2)c(OC)c1. The molecule has 20 heavy (non-hydrogen) atoms. The summed E-state index contributed by atoms with van der Waals surface area (Å²) in [6, 6.07) is 6.36. The van der Waals surface area contributed by atoms with Crippen LogP contribution >= 0.6 is 0 Å². The van der Waals surface area contributed by atoms with Crippen molar-refractivity contribution < 1.29 is 14.2 Å². The van der Waals surface area contributed by atoms with Crippen LogP contribution in [-0.4, -0.2) is 33.5 Å². The van der Waals surface area contributed by atoms with E-state index in [2.05, 4.69) is 18.3 Å². The Morgan fingerprint density at radius 1 is 1.35 bits per heavy atom. The average molecular weight is 279 g/mol. The largest absolute Gasteiger partial charge is 0.493 e. The molecule has 112 valence electrons. The van der Waals surface area contributed by atoms with Crippen molar-refractivity contribution >= 4 is 0 Å². The number of hydrogen-bond acceptors (Lipinski definition) is 4. The molecule has 4 heteroatoms. The molecule has 0 spiro atoms. The Balaban J connectivity index is 1.99. The fourth-order valence-corrected chi connectivity index (χ4v) is 2.36. The molecule has 0 amide bonds. The lowest BCUT2D eigenvalue weighted by molar-refractivity contribution is -0.0114. The quantitative estimate of drug-likeness (QED) is 0.869. The molecular weight excluding hydrogens is 254 g/mol. The summed E-state index contributed by atoms with van der Waals surface area (Å²) in [7, 11) is 3.62. The van der Waals surface area contributed by atoms with Gasteiger partial charge >= 0.3 is 0 Å². The van der Waals surface area contributed by atoms with Crippen molar-refractivity contribution in [1.29, 1.82) is 0 Å². The van der Waals surface area contributed by atoms with Crippen molar-refractivity contribution in [3.05, 3.63) is 23.8 Å². The maximum atomic E-state index is 5.87. The normalized spacial score (nSPS) is 20.4. The number of rotatable bonds is 6. The summed E-state index contributed by atoms with van der Waals surface area (Å²) in [5.74, 6) is 1.56. The Hall–Kier alpha value is -1.26. The maximum absolute atomic E-state index is 5.87. The van der Waals surface area contributed by atoms with E-state index in [0.29, 0.717) is 12.6 Å². The third kappa shape index (κ3) is 3.87. The van der Waals surface area contributed by atoms with E-state index >= 15 is 0 Å². The minimum atomic E-state index is 0.212. The van der Waals surface area contributed by atoms with Gasteiger partial charge in [-0.25, -0.2) is 0 Å². The fraction of sp³-hybridized carbons (Fsp3) is 0.625. The standard InChI is InChI=1S/C16H25NO3/c1-12(17-2)13-7-8-15(16(10-13)18-3)20-11-14-6-4-5-9-19-14/h7-8,10,12,14,17H,4-6,9,11H2,1-3H3. The molecule has 2 rings (SSSR count). The first-order valence-electron chi connectivity index (χ1n) is 7.34. The van der Waals surface area contributed by atoms with E-state index in [1.807, 2.05) is 19.2 Å². The van der Waals surface area contributed by atoms with Crippen LogP contribution in [0.3, 0.4) is 0 Å². The molecule has 0 aromatic heterocycles. The highest BCUT2D eigenvalue weighted by molar-refractivity contribution is 5.43. The Bertz CT molecular complexity index is 416. The molecule has 0 aliphatic carbocycles. The summed E-state index contributed by atoms with van der Waals surface area (Å²) < 4.78 is 17.0. The lowest BCUT2D eigenvalue weighted by Crippen LogP contribution is -2.25. The van der Waals surface area contributed by atoms with Gasteiger partial charge in [0.15, 0.2) is 11.5 Å². The van der Waals surface area contributed by atoms with E-state index < -0.39 is 0 Å². The molecule has 0 radical (unpaired) electrons. The van der Waals surface area contributed by atoms with Gasteiger partial charge in [-0.05, 0) is 50.9 Å². The minimum Gasteiger partial charge on any atom is -0.493 e. The zero-order chi connectivity index (χ0) is 14.4. The highest BCUT2D eigenvalue weighted by Gasteiger charge is 2.16. The van der Waals surface area contributed by atoms with Crippen molar-refractivity contribution in [3.63, 3.8) is 0 Å². The lowest BCUT2D eigenvalue weighted by Gasteiger charge is -2.23. The third-order valence-corrected chi connectivity index (χ3v) is 3.82. The Morgan fingerprint density at radius 2 is 2.20 bits per heavy atom. The van der Waals surface area contributed by atoms with Gasteiger partial charge in [-0.15, -0.1) is 0 Å². The number of ether oxygens (including phenoxy) is 3. The Labute approximate surface area is 121 Å². The van der Waals surface area contributed by atoms with Gasteiger partial charge in [-0.3, -0.25) is 0 Å². The minimum absolute atomic E-state index is 0.212. The maximum Gasteiger partial charge on any atom is 0.161 e. The molecule has 2 unspecified atom stereocenters. The van der Waals surface area contributed by atoms with Gasteiger partial charge in [0.1, 0.15) is 6.61 Å². The number of benzene rings is 1. The van der Waals surface area contributed by atoms with Crippen LogP contribution in [0.5, 0.6) is 11.5 Å². The molecule has 2 atom stereocenters. The van der Waals surface area contributed by atoms with Gasteiger partial charge < -0.3 is 19.5 Å². The number of hydrogen-bond donors (Lipinski definition) is 1. The molecule has 1 aromatic carbocycles. The molecule has 0 saturated carbocycles. The molecule has 1 saturated heterocycles. The first-order valence-corrected chi connectivity index (χ1v) is 7.34. The summed E-state index contributed by atoms with van der Waals surface area (Å²) in [6.07, 6.45) is 3.68. The molecule has 1 fully saturated rings. The first kappa shape index (κ1) is 15.1. The second kappa shape index (κ2) is 7.50. The number of nitrogens with one attached hydrogen (secondary N) is 1. The zero-order valence-electron chi connectivity index (χ0n) is 12.6. The molecule has 1 aromatic rings. The van der Waals surface area contributed by atoms with E-state index in [4.69, 9.17) is 14.2 Å². The van der Waals surface area contributed by atoms with Gasteiger partial charge in [0.2, 0.25) is 0 Å². The summed E-state index contributed by atoms with van der Waals surface area (Å²) >= 11 is 0. The second-order valence-electron chi connectivity index (χ2n) is 5.22. The van der Waals surface area contributed by atoms with Crippen LogP contribution < -0.4 is 14.8 Å². The van der Waals surface area contributed by atoms with E-state index in [1.54, 1.807) is 7.11 Å². The fourth-order valence-electron chi connectivity index (χ4n) is 2.36. The van der Waals surface area contributed by atoms with Crippen molar-refractivity contribution in [2.24, 2.45) is 0 Å². The monoisotopic (exact) mass is 279 g/mol. The van der Waals surface area contributed by atoms with Crippen molar-refractivity contribution in [1.82, 2.24) is 5.32 Å². The second-order valence-corrected chi connectivity index (χ2v) is 5.22. The van der Waals surface area contributed by atoms with Crippen LogP contribution in [0.4, 0.5) is 0 Å². The van der Waals surface area contributed by atoms with Crippen LogP contribution in [0.2, 0.25) is 0 Å². The molecule has 1 heterocycles. The Kier molecular flexibility index (Phi) is 5.68. The predicted octanol–water partition coefficient (Wildman–Crippen LogP) is 2.92. The molecule has 1 N–H and O–H groups in total. The predicted molar refractivity (Wildman–Crippen MR) is 79.6 cm³/mol. The van der Waals surface area contributed by atoms with E-state index in [-0.39, 0.29) is 6.10 Å².